The molecular weight excluding hydrogens is 233 g/mol. The highest BCUT2D eigenvalue weighted by Gasteiger charge is 2.15. The van der Waals surface area contributed by atoms with E-state index >= 15 is 0 Å². The van der Waals surface area contributed by atoms with Gasteiger partial charge in [0.15, 0.2) is 0 Å². The molecular formula is C11H15Cl2NO. The van der Waals surface area contributed by atoms with E-state index in [4.69, 9.17) is 28.3 Å². The molecule has 0 radical (unpaired) electrons. The van der Waals surface area contributed by atoms with Crippen molar-refractivity contribution >= 4 is 23.2 Å². The van der Waals surface area contributed by atoms with E-state index in [0.717, 1.165) is 5.56 Å². The van der Waals surface area contributed by atoms with Crippen molar-refractivity contribution in [1.29, 1.82) is 0 Å². The first kappa shape index (κ1) is 12.8. The SMILES string of the molecule is CC(C)(CO)NCc1cc(Cl)ccc1Cl. The lowest BCUT2D eigenvalue weighted by molar-refractivity contribution is 0.187. The number of aliphatic hydroxyl groups is 1. The maximum atomic E-state index is 9.07. The summed E-state index contributed by atoms with van der Waals surface area (Å²) in [5, 5.41) is 13.6. The van der Waals surface area contributed by atoms with Gasteiger partial charge in [-0.25, -0.2) is 0 Å². The second-order valence-electron chi connectivity index (χ2n) is 4.13. The van der Waals surface area contributed by atoms with Crippen LogP contribution >= 0.6 is 23.2 Å². The molecule has 0 heterocycles. The van der Waals surface area contributed by atoms with Crippen LogP contribution in [0.25, 0.3) is 0 Å². The van der Waals surface area contributed by atoms with Gasteiger partial charge >= 0.3 is 0 Å². The van der Waals surface area contributed by atoms with Gasteiger partial charge in [-0.1, -0.05) is 23.2 Å². The molecule has 0 aromatic heterocycles. The predicted molar refractivity (Wildman–Crippen MR) is 64.5 cm³/mol. The molecule has 0 amide bonds. The first-order valence-electron chi connectivity index (χ1n) is 4.74. The van der Waals surface area contributed by atoms with Crippen LogP contribution in [0, 0.1) is 0 Å². The van der Waals surface area contributed by atoms with Crippen LogP contribution in [0.3, 0.4) is 0 Å². The van der Waals surface area contributed by atoms with Gasteiger partial charge in [-0.05, 0) is 37.6 Å². The molecule has 4 heteroatoms. The van der Waals surface area contributed by atoms with Gasteiger partial charge in [-0.2, -0.15) is 0 Å². The summed E-state index contributed by atoms with van der Waals surface area (Å²) >= 11 is 11.9. The fraction of sp³-hybridized carbons (Fsp3) is 0.455. The first-order valence-corrected chi connectivity index (χ1v) is 5.50. The van der Waals surface area contributed by atoms with E-state index in [0.29, 0.717) is 16.6 Å². The van der Waals surface area contributed by atoms with Gasteiger partial charge in [0.05, 0.1) is 6.61 Å². The minimum Gasteiger partial charge on any atom is -0.394 e. The number of hydrogen-bond acceptors (Lipinski definition) is 2. The highest BCUT2D eigenvalue weighted by molar-refractivity contribution is 6.33. The predicted octanol–water partition coefficient (Wildman–Crippen LogP) is 2.85. The van der Waals surface area contributed by atoms with Crippen LogP contribution in [0.4, 0.5) is 0 Å². The molecule has 2 N–H and O–H groups in total. The summed E-state index contributed by atoms with van der Waals surface area (Å²) in [6, 6.07) is 5.35. The second-order valence-corrected chi connectivity index (χ2v) is 4.97. The topological polar surface area (TPSA) is 32.3 Å². The zero-order valence-electron chi connectivity index (χ0n) is 8.85. The molecule has 0 saturated carbocycles. The number of aliphatic hydroxyl groups excluding tert-OH is 1. The Morgan fingerprint density at radius 2 is 2.00 bits per heavy atom. The zero-order valence-corrected chi connectivity index (χ0v) is 10.4. The third-order valence-corrected chi connectivity index (χ3v) is 2.76. The van der Waals surface area contributed by atoms with Crippen molar-refractivity contribution in [3.05, 3.63) is 33.8 Å². The van der Waals surface area contributed by atoms with E-state index in [9.17, 15) is 0 Å². The molecule has 0 aliphatic heterocycles. The van der Waals surface area contributed by atoms with Crippen molar-refractivity contribution in [3.63, 3.8) is 0 Å². The summed E-state index contributed by atoms with van der Waals surface area (Å²) in [7, 11) is 0. The Bertz CT molecular complexity index is 339. The monoisotopic (exact) mass is 247 g/mol. The van der Waals surface area contributed by atoms with Crippen molar-refractivity contribution in [2.75, 3.05) is 6.61 Å². The van der Waals surface area contributed by atoms with E-state index in [2.05, 4.69) is 5.32 Å². The van der Waals surface area contributed by atoms with Crippen LogP contribution in [-0.4, -0.2) is 17.3 Å². The molecule has 1 rings (SSSR count). The van der Waals surface area contributed by atoms with Crippen molar-refractivity contribution in [1.82, 2.24) is 5.32 Å². The molecule has 1 aromatic rings. The molecule has 0 saturated heterocycles. The molecule has 0 fully saturated rings. The average molecular weight is 248 g/mol. The van der Waals surface area contributed by atoms with E-state index in [1.807, 2.05) is 19.9 Å². The van der Waals surface area contributed by atoms with Crippen LogP contribution in [0.5, 0.6) is 0 Å². The second kappa shape index (κ2) is 5.17. The lowest BCUT2D eigenvalue weighted by Crippen LogP contribution is -2.42. The summed E-state index contributed by atoms with van der Waals surface area (Å²) in [5.41, 5.74) is 0.622. The molecule has 2 nitrogen and oxygen atoms in total. The number of benzene rings is 1. The van der Waals surface area contributed by atoms with Crippen molar-refractivity contribution in [3.8, 4) is 0 Å². The van der Waals surface area contributed by atoms with Crippen molar-refractivity contribution in [2.24, 2.45) is 0 Å². The lowest BCUT2D eigenvalue weighted by Gasteiger charge is -2.23. The molecule has 0 aliphatic carbocycles. The van der Waals surface area contributed by atoms with Gasteiger partial charge in [0.1, 0.15) is 0 Å². The third kappa shape index (κ3) is 3.99. The molecule has 0 atom stereocenters. The number of rotatable bonds is 4. The van der Waals surface area contributed by atoms with E-state index in [1.165, 1.54) is 0 Å². The molecule has 1 aromatic carbocycles. The van der Waals surface area contributed by atoms with Crippen LogP contribution in [0.1, 0.15) is 19.4 Å². The summed E-state index contributed by atoms with van der Waals surface area (Å²) < 4.78 is 0. The Labute approximate surface area is 100 Å². The van der Waals surface area contributed by atoms with Crippen LogP contribution < -0.4 is 5.32 Å². The summed E-state index contributed by atoms with van der Waals surface area (Å²) in [5.74, 6) is 0. The molecule has 84 valence electrons. The van der Waals surface area contributed by atoms with E-state index in [-0.39, 0.29) is 12.1 Å². The highest BCUT2D eigenvalue weighted by atomic mass is 35.5. The Morgan fingerprint density at radius 1 is 1.33 bits per heavy atom. The van der Waals surface area contributed by atoms with Gasteiger partial charge in [0.2, 0.25) is 0 Å². The molecule has 0 spiro atoms. The Hall–Kier alpha value is -0.280. The summed E-state index contributed by atoms with van der Waals surface area (Å²) in [4.78, 5) is 0. The normalized spacial score (nSPS) is 11.8. The number of hydrogen-bond donors (Lipinski definition) is 2. The highest BCUT2D eigenvalue weighted by Crippen LogP contribution is 2.20. The standard InChI is InChI=1S/C11H15Cl2NO/c1-11(2,7-15)14-6-8-5-9(12)3-4-10(8)13/h3-5,14-15H,6-7H2,1-2H3. The zero-order chi connectivity index (χ0) is 11.5. The molecule has 0 aliphatic rings. The number of nitrogens with one attached hydrogen (secondary N) is 1. The van der Waals surface area contributed by atoms with Crippen LogP contribution in [0.15, 0.2) is 18.2 Å². The number of halogens is 2. The fourth-order valence-electron chi connectivity index (χ4n) is 1.07. The fourth-order valence-corrected chi connectivity index (χ4v) is 1.45. The summed E-state index contributed by atoms with van der Waals surface area (Å²) in [6.45, 7) is 4.51. The van der Waals surface area contributed by atoms with Crippen molar-refractivity contribution < 1.29 is 5.11 Å². The molecule has 0 bridgehead atoms. The maximum Gasteiger partial charge on any atom is 0.0607 e. The summed E-state index contributed by atoms with van der Waals surface area (Å²) in [6.07, 6.45) is 0. The van der Waals surface area contributed by atoms with Gasteiger partial charge in [-0.3, -0.25) is 0 Å². The Morgan fingerprint density at radius 3 is 2.60 bits per heavy atom. The largest absolute Gasteiger partial charge is 0.394 e. The average Bonchev–Trinajstić information content (AvgIpc) is 2.20. The van der Waals surface area contributed by atoms with Crippen LogP contribution in [0.2, 0.25) is 10.0 Å². The molecule has 0 unspecified atom stereocenters. The third-order valence-electron chi connectivity index (χ3n) is 2.16. The van der Waals surface area contributed by atoms with Crippen LogP contribution in [-0.2, 0) is 6.54 Å². The first-order chi connectivity index (χ1) is 6.94. The molecule has 15 heavy (non-hydrogen) atoms. The smallest absolute Gasteiger partial charge is 0.0607 e. The quantitative estimate of drug-likeness (QED) is 0.858. The maximum absolute atomic E-state index is 9.07. The Kier molecular flexibility index (Phi) is 4.41. The van der Waals surface area contributed by atoms with Gasteiger partial charge in [0.25, 0.3) is 0 Å². The minimum atomic E-state index is -0.314. The minimum absolute atomic E-state index is 0.0746. The van der Waals surface area contributed by atoms with Gasteiger partial charge in [0, 0.05) is 22.1 Å². The van der Waals surface area contributed by atoms with E-state index < -0.39 is 0 Å². The van der Waals surface area contributed by atoms with E-state index in [1.54, 1.807) is 12.1 Å². The van der Waals surface area contributed by atoms with Gasteiger partial charge < -0.3 is 10.4 Å². The van der Waals surface area contributed by atoms with Crippen molar-refractivity contribution in [2.45, 2.75) is 25.9 Å². The Balaban J connectivity index is 2.69. The van der Waals surface area contributed by atoms with Gasteiger partial charge in [-0.15, -0.1) is 0 Å². The lowest BCUT2D eigenvalue weighted by atomic mass is 10.1.